The van der Waals surface area contributed by atoms with Crippen molar-refractivity contribution in [1.82, 2.24) is 9.88 Å². The third-order valence-electron chi connectivity index (χ3n) is 3.66. The van der Waals surface area contributed by atoms with Crippen molar-refractivity contribution >= 4 is 11.9 Å². The van der Waals surface area contributed by atoms with Crippen molar-refractivity contribution in [2.75, 3.05) is 6.54 Å². The van der Waals surface area contributed by atoms with Crippen molar-refractivity contribution in [3.05, 3.63) is 54.4 Å². The molecule has 1 aromatic heterocycles. The van der Waals surface area contributed by atoms with Gasteiger partial charge in [0, 0.05) is 17.8 Å². The molecule has 0 aliphatic rings. The number of pyridine rings is 1. The molecule has 1 heterocycles. The molecule has 1 N–H and O–H groups in total. The van der Waals surface area contributed by atoms with E-state index in [4.69, 9.17) is 9.84 Å². The summed E-state index contributed by atoms with van der Waals surface area (Å²) in [5.74, 6) is -0.156. The number of aromatic nitrogens is 1. The molecule has 1 unspecified atom stereocenters. The number of ether oxygens (including phenoxy) is 1. The van der Waals surface area contributed by atoms with Crippen LogP contribution < -0.4 is 4.74 Å². The van der Waals surface area contributed by atoms with Crippen LogP contribution in [0, 0.1) is 0 Å². The molecule has 6 nitrogen and oxygen atoms in total. The van der Waals surface area contributed by atoms with E-state index in [1.54, 1.807) is 48.8 Å². The van der Waals surface area contributed by atoms with E-state index in [0.29, 0.717) is 23.5 Å². The van der Waals surface area contributed by atoms with E-state index in [-0.39, 0.29) is 18.5 Å². The molecule has 0 spiro atoms. The van der Waals surface area contributed by atoms with Gasteiger partial charge in [0.05, 0.1) is 6.20 Å². The molecule has 0 bridgehead atoms. The van der Waals surface area contributed by atoms with Gasteiger partial charge in [0.25, 0.3) is 5.91 Å². The Morgan fingerprint density at radius 3 is 2.46 bits per heavy atom. The number of carboxylic acid groups (broad SMARTS) is 1. The van der Waals surface area contributed by atoms with Gasteiger partial charge in [-0.1, -0.05) is 6.92 Å². The summed E-state index contributed by atoms with van der Waals surface area (Å²) >= 11 is 0. The summed E-state index contributed by atoms with van der Waals surface area (Å²) in [6, 6.07) is 10.0. The van der Waals surface area contributed by atoms with Crippen LogP contribution >= 0.6 is 0 Å². The Balaban J connectivity index is 2.13. The minimum Gasteiger partial charge on any atom is -0.480 e. The predicted molar refractivity (Wildman–Crippen MR) is 89.2 cm³/mol. The van der Waals surface area contributed by atoms with Gasteiger partial charge in [0.15, 0.2) is 0 Å². The number of hydrogen-bond donors (Lipinski definition) is 1. The molecule has 24 heavy (non-hydrogen) atoms. The van der Waals surface area contributed by atoms with Crippen molar-refractivity contribution in [1.29, 1.82) is 0 Å². The van der Waals surface area contributed by atoms with Gasteiger partial charge < -0.3 is 14.7 Å². The average Bonchev–Trinajstić information content (AvgIpc) is 2.60. The molecule has 0 radical (unpaired) electrons. The van der Waals surface area contributed by atoms with E-state index < -0.39 is 5.97 Å². The van der Waals surface area contributed by atoms with Gasteiger partial charge in [0.2, 0.25) is 0 Å². The van der Waals surface area contributed by atoms with Gasteiger partial charge in [-0.05, 0) is 49.7 Å². The molecule has 126 valence electrons. The highest BCUT2D eigenvalue weighted by Crippen LogP contribution is 2.21. The van der Waals surface area contributed by atoms with Gasteiger partial charge >= 0.3 is 5.97 Å². The third kappa shape index (κ3) is 4.55. The zero-order chi connectivity index (χ0) is 17.5. The summed E-state index contributed by atoms with van der Waals surface area (Å²) in [5.41, 5.74) is 0.426. The Morgan fingerprint density at radius 2 is 1.92 bits per heavy atom. The Labute approximate surface area is 140 Å². The SMILES string of the molecule is CCC(C)N(CC(=O)O)C(=O)c1ccc(Oc2cccnc2)cc1. The number of hydrogen-bond acceptors (Lipinski definition) is 4. The molecule has 0 aliphatic carbocycles. The van der Waals surface area contributed by atoms with Crippen LogP contribution in [0.4, 0.5) is 0 Å². The molecule has 2 rings (SSSR count). The molecular formula is C18H20N2O4. The minimum atomic E-state index is -1.03. The lowest BCUT2D eigenvalue weighted by Crippen LogP contribution is -2.41. The fraction of sp³-hybridized carbons (Fsp3) is 0.278. The van der Waals surface area contributed by atoms with Crippen LogP contribution in [0.25, 0.3) is 0 Å². The molecule has 0 fully saturated rings. The first-order valence-corrected chi connectivity index (χ1v) is 7.72. The van der Waals surface area contributed by atoms with Crippen molar-refractivity contribution < 1.29 is 19.4 Å². The molecule has 0 saturated carbocycles. The van der Waals surface area contributed by atoms with Crippen LogP contribution in [0.5, 0.6) is 11.5 Å². The number of amides is 1. The zero-order valence-electron chi connectivity index (χ0n) is 13.7. The lowest BCUT2D eigenvalue weighted by molar-refractivity contribution is -0.138. The lowest BCUT2D eigenvalue weighted by atomic mass is 10.1. The van der Waals surface area contributed by atoms with Crippen molar-refractivity contribution in [2.24, 2.45) is 0 Å². The van der Waals surface area contributed by atoms with Crippen LogP contribution in [0.15, 0.2) is 48.8 Å². The van der Waals surface area contributed by atoms with E-state index in [9.17, 15) is 9.59 Å². The highest BCUT2D eigenvalue weighted by molar-refractivity contribution is 5.96. The normalized spacial score (nSPS) is 11.6. The average molecular weight is 328 g/mol. The Hall–Kier alpha value is -2.89. The maximum Gasteiger partial charge on any atom is 0.323 e. The summed E-state index contributed by atoms with van der Waals surface area (Å²) in [6.45, 7) is 3.43. The van der Waals surface area contributed by atoms with Crippen molar-refractivity contribution in [3.63, 3.8) is 0 Å². The van der Waals surface area contributed by atoms with Gasteiger partial charge in [-0.3, -0.25) is 14.6 Å². The van der Waals surface area contributed by atoms with Crippen molar-refractivity contribution in [2.45, 2.75) is 26.3 Å². The fourth-order valence-electron chi connectivity index (χ4n) is 2.17. The standard InChI is InChI=1S/C18H20N2O4/c1-3-13(2)20(12-17(21)22)18(23)14-6-8-15(9-7-14)24-16-5-4-10-19-11-16/h4-11,13H,3,12H2,1-2H3,(H,21,22). The lowest BCUT2D eigenvalue weighted by Gasteiger charge is -2.27. The second kappa shape index (κ2) is 8.10. The number of aliphatic carboxylic acids is 1. The quantitative estimate of drug-likeness (QED) is 0.844. The van der Waals surface area contributed by atoms with Crippen LogP contribution in [0.3, 0.4) is 0 Å². The van der Waals surface area contributed by atoms with Gasteiger partial charge in [-0.15, -0.1) is 0 Å². The minimum absolute atomic E-state index is 0.153. The summed E-state index contributed by atoms with van der Waals surface area (Å²) < 4.78 is 5.63. The van der Waals surface area contributed by atoms with Crippen LogP contribution in [-0.4, -0.2) is 39.5 Å². The molecule has 1 atom stereocenters. The van der Waals surface area contributed by atoms with Gasteiger partial charge in [-0.2, -0.15) is 0 Å². The molecule has 0 saturated heterocycles. The monoisotopic (exact) mass is 328 g/mol. The molecule has 0 aliphatic heterocycles. The number of carbonyl (C=O) groups is 2. The van der Waals surface area contributed by atoms with Crippen LogP contribution in [0.1, 0.15) is 30.6 Å². The van der Waals surface area contributed by atoms with Gasteiger partial charge in [0.1, 0.15) is 18.0 Å². The second-order valence-corrected chi connectivity index (χ2v) is 5.40. The number of benzene rings is 1. The number of carboxylic acids is 1. The first-order valence-electron chi connectivity index (χ1n) is 7.72. The maximum atomic E-state index is 12.6. The smallest absolute Gasteiger partial charge is 0.323 e. The predicted octanol–water partition coefficient (Wildman–Crippen LogP) is 3.20. The number of carbonyl (C=O) groups excluding carboxylic acids is 1. The van der Waals surface area contributed by atoms with E-state index in [0.717, 1.165) is 0 Å². The molecule has 6 heteroatoms. The number of rotatable bonds is 7. The second-order valence-electron chi connectivity index (χ2n) is 5.40. The van der Waals surface area contributed by atoms with E-state index in [1.807, 2.05) is 13.8 Å². The largest absolute Gasteiger partial charge is 0.480 e. The van der Waals surface area contributed by atoms with E-state index in [2.05, 4.69) is 4.98 Å². The van der Waals surface area contributed by atoms with Crippen LogP contribution in [0.2, 0.25) is 0 Å². The summed E-state index contributed by atoms with van der Waals surface area (Å²) in [6.07, 6.45) is 3.93. The molecule has 2 aromatic rings. The summed E-state index contributed by atoms with van der Waals surface area (Å²) in [5, 5.41) is 9.01. The maximum absolute atomic E-state index is 12.6. The highest BCUT2D eigenvalue weighted by Gasteiger charge is 2.22. The summed E-state index contributed by atoms with van der Waals surface area (Å²) in [7, 11) is 0. The topological polar surface area (TPSA) is 79.7 Å². The molecule has 1 aromatic carbocycles. The highest BCUT2D eigenvalue weighted by atomic mass is 16.5. The number of nitrogens with zero attached hydrogens (tertiary/aromatic N) is 2. The Bertz CT molecular complexity index is 686. The van der Waals surface area contributed by atoms with Crippen LogP contribution in [-0.2, 0) is 4.79 Å². The zero-order valence-corrected chi connectivity index (χ0v) is 13.7. The Kier molecular flexibility index (Phi) is 5.89. The molecular weight excluding hydrogens is 308 g/mol. The van der Waals surface area contributed by atoms with Gasteiger partial charge in [-0.25, -0.2) is 0 Å². The Morgan fingerprint density at radius 1 is 1.21 bits per heavy atom. The fourth-order valence-corrected chi connectivity index (χ4v) is 2.17. The van der Waals surface area contributed by atoms with Crippen molar-refractivity contribution in [3.8, 4) is 11.5 Å². The van der Waals surface area contributed by atoms with E-state index >= 15 is 0 Å². The molecule has 1 amide bonds. The van der Waals surface area contributed by atoms with E-state index in [1.165, 1.54) is 4.90 Å². The summed E-state index contributed by atoms with van der Waals surface area (Å²) in [4.78, 5) is 28.9. The third-order valence-corrected chi connectivity index (χ3v) is 3.66. The first kappa shape index (κ1) is 17.5. The first-order chi connectivity index (χ1) is 11.5.